The van der Waals surface area contributed by atoms with Crippen molar-refractivity contribution in [2.45, 2.75) is 9.79 Å². The molecular formula is C28H18N4O7S2. The van der Waals surface area contributed by atoms with Crippen LogP contribution < -0.4 is 0 Å². The molecule has 0 amide bonds. The van der Waals surface area contributed by atoms with E-state index in [9.17, 15) is 31.0 Å². The molecule has 11 nitrogen and oxygen atoms in total. The third kappa shape index (κ3) is 4.87. The molecule has 0 unspecified atom stereocenters. The smallest absolute Gasteiger partial charge is 0.294 e. The molecule has 3 N–H and O–H groups in total. The van der Waals surface area contributed by atoms with E-state index in [4.69, 9.17) is 0 Å². The highest BCUT2D eigenvalue weighted by atomic mass is 32.2. The Morgan fingerprint density at radius 1 is 0.585 bits per heavy atom. The summed E-state index contributed by atoms with van der Waals surface area (Å²) in [5.41, 5.74) is 1.09. The maximum Gasteiger partial charge on any atom is 0.294 e. The Bertz CT molecular complexity index is 2270. The molecule has 0 saturated heterocycles. The van der Waals surface area contributed by atoms with E-state index in [-0.39, 0.29) is 22.3 Å². The lowest BCUT2D eigenvalue weighted by Crippen LogP contribution is -1.99. The summed E-state index contributed by atoms with van der Waals surface area (Å²) in [4.78, 5) is 8.25. The molecule has 1 heterocycles. The van der Waals surface area contributed by atoms with Crippen LogP contribution >= 0.6 is 0 Å². The maximum absolute atomic E-state index is 11.9. The lowest BCUT2D eigenvalue weighted by atomic mass is 9.99. The molecule has 0 bridgehead atoms. The van der Waals surface area contributed by atoms with Crippen LogP contribution in [0.25, 0.3) is 43.8 Å². The molecule has 5 aromatic carbocycles. The number of para-hydroxylation sites is 1. The van der Waals surface area contributed by atoms with Gasteiger partial charge in [0, 0.05) is 21.7 Å². The summed E-state index contributed by atoms with van der Waals surface area (Å²) in [6, 6.07) is 23.5. The Hall–Kier alpha value is -4.82. The largest absolute Gasteiger partial charge is 0.505 e. The second kappa shape index (κ2) is 9.67. The van der Waals surface area contributed by atoms with Gasteiger partial charge in [-0.25, -0.2) is 9.97 Å². The van der Waals surface area contributed by atoms with E-state index in [0.29, 0.717) is 27.5 Å². The fourth-order valence-corrected chi connectivity index (χ4v) is 5.55. The Morgan fingerprint density at radius 3 is 1.83 bits per heavy atom. The predicted molar refractivity (Wildman–Crippen MR) is 152 cm³/mol. The van der Waals surface area contributed by atoms with Gasteiger partial charge in [0.15, 0.2) is 17.4 Å². The monoisotopic (exact) mass is 586 g/mol. The number of azo groups is 1. The first kappa shape index (κ1) is 26.4. The molecule has 0 aliphatic carbocycles. The Balaban J connectivity index is 1.65. The van der Waals surface area contributed by atoms with E-state index in [2.05, 4.69) is 20.2 Å². The number of aromatic hydroxyl groups is 1. The van der Waals surface area contributed by atoms with Gasteiger partial charge < -0.3 is 5.11 Å². The summed E-state index contributed by atoms with van der Waals surface area (Å²) < 4.78 is 66.6. The van der Waals surface area contributed by atoms with Gasteiger partial charge in [0.2, 0.25) is 0 Å². The van der Waals surface area contributed by atoms with Gasteiger partial charge in [-0.3, -0.25) is 9.11 Å². The van der Waals surface area contributed by atoms with Gasteiger partial charge in [-0.1, -0.05) is 54.6 Å². The minimum absolute atomic E-state index is 0.0127. The van der Waals surface area contributed by atoms with Crippen molar-refractivity contribution in [3.8, 4) is 17.1 Å². The normalized spacial score (nSPS) is 12.5. The molecule has 0 aliphatic heterocycles. The fourth-order valence-electron chi connectivity index (χ4n) is 4.54. The topological polar surface area (TPSA) is 179 Å². The summed E-state index contributed by atoms with van der Waals surface area (Å²) >= 11 is 0. The van der Waals surface area contributed by atoms with Crippen molar-refractivity contribution in [1.29, 1.82) is 0 Å². The van der Waals surface area contributed by atoms with Gasteiger partial charge >= 0.3 is 0 Å². The zero-order chi connectivity index (χ0) is 28.9. The quantitative estimate of drug-likeness (QED) is 0.120. The number of rotatable bonds is 5. The third-order valence-corrected chi connectivity index (χ3v) is 8.16. The lowest BCUT2D eigenvalue weighted by Gasteiger charge is -2.12. The molecule has 0 aliphatic rings. The van der Waals surface area contributed by atoms with Crippen LogP contribution in [-0.4, -0.2) is 41.0 Å². The zero-order valence-corrected chi connectivity index (χ0v) is 22.4. The van der Waals surface area contributed by atoms with E-state index < -0.39 is 35.8 Å². The van der Waals surface area contributed by atoms with E-state index in [1.807, 2.05) is 30.3 Å². The number of nitrogens with zero attached hydrogens (tertiary/aromatic N) is 4. The standard InChI is InChI=1S/C28H18N4O7S2/c33-26-23-15-18(41(37,38)39)11-13-20(23)19-12-10-17(40(34,35)36)14-22(19)25(26)31-32-28-21-8-4-5-9-24(21)29-27(30-28)16-6-2-1-3-7-16/h1-15,33H,(H,34,35,36)(H,37,38,39)/b32-31+. The number of phenolic OH excluding ortho intramolecular Hbond substituents is 1. The fraction of sp³-hybridized carbons (Fsp3) is 0. The van der Waals surface area contributed by atoms with Gasteiger partial charge in [0.25, 0.3) is 20.2 Å². The summed E-state index contributed by atoms with van der Waals surface area (Å²) in [7, 11) is -9.23. The van der Waals surface area contributed by atoms with Gasteiger partial charge in [0.05, 0.1) is 15.3 Å². The van der Waals surface area contributed by atoms with E-state index in [0.717, 1.165) is 29.8 Å². The highest BCUT2D eigenvalue weighted by Crippen LogP contribution is 2.45. The van der Waals surface area contributed by atoms with E-state index in [1.54, 1.807) is 24.3 Å². The van der Waals surface area contributed by atoms with Crippen molar-refractivity contribution in [3.63, 3.8) is 0 Å². The van der Waals surface area contributed by atoms with Crippen LogP contribution in [0.1, 0.15) is 0 Å². The van der Waals surface area contributed by atoms with Gasteiger partial charge in [-0.15, -0.1) is 10.2 Å². The molecule has 6 aromatic rings. The summed E-state index contributed by atoms with van der Waals surface area (Å²) in [5, 5.41) is 21.2. The van der Waals surface area contributed by atoms with Crippen LogP contribution in [0.5, 0.6) is 5.75 Å². The Labute approximate surface area is 233 Å². The molecule has 0 fully saturated rings. The van der Waals surface area contributed by atoms with Crippen molar-refractivity contribution >= 4 is 64.2 Å². The average molecular weight is 587 g/mol. The van der Waals surface area contributed by atoms with Crippen LogP contribution in [0.3, 0.4) is 0 Å². The first-order chi connectivity index (χ1) is 19.5. The van der Waals surface area contributed by atoms with E-state index in [1.165, 1.54) is 12.1 Å². The molecule has 13 heteroatoms. The highest BCUT2D eigenvalue weighted by molar-refractivity contribution is 7.86. The van der Waals surface area contributed by atoms with Crippen molar-refractivity contribution in [1.82, 2.24) is 9.97 Å². The number of aromatic nitrogens is 2. The average Bonchev–Trinajstić information content (AvgIpc) is 2.96. The van der Waals surface area contributed by atoms with Crippen LogP contribution in [0, 0.1) is 0 Å². The van der Waals surface area contributed by atoms with Crippen molar-refractivity contribution in [3.05, 3.63) is 91.0 Å². The van der Waals surface area contributed by atoms with Crippen molar-refractivity contribution in [2.24, 2.45) is 10.2 Å². The lowest BCUT2D eigenvalue weighted by molar-refractivity contribution is 0.479. The van der Waals surface area contributed by atoms with E-state index >= 15 is 0 Å². The van der Waals surface area contributed by atoms with Gasteiger partial charge in [0.1, 0.15) is 5.69 Å². The summed E-state index contributed by atoms with van der Waals surface area (Å²) in [5.74, 6) is -0.00657. The van der Waals surface area contributed by atoms with Crippen LogP contribution in [0.4, 0.5) is 11.5 Å². The second-order valence-corrected chi connectivity index (χ2v) is 11.9. The molecule has 0 radical (unpaired) electrons. The van der Waals surface area contributed by atoms with Gasteiger partial charge in [-0.05, 0) is 47.2 Å². The van der Waals surface area contributed by atoms with Crippen LogP contribution in [-0.2, 0) is 20.2 Å². The number of hydrogen-bond acceptors (Lipinski definition) is 9. The number of benzene rings is 5. The predicted octanol–water partition coefficient (Wildman–Crippen LogP) is 6.22. The molecule has 0 saturated carbocycles. The van der Waals surface area contributed by atoms with Crippen LogP contribution in [0.15, 0.2) is 111 Å². The molecule has 6 rings (SSSR count). The summed E-state index contributed by atoms with van der Waals surface area (Å²) in [6.45, 7) is 0. The third-order valence-electron chi connectivity index (χ3n) is 6.46. The Kier molecular flexibility index (Phi) is 6.23. The van der Waals surface area contributed by atoms with Crippen molar-refractivity contribution in [2.75, 3.05) is 0 Å². The SMILES string of the molecule is O=S(=O)(O)c1ccc2c(c1)c(O)c(/N=N/c1nc(-c3ccccc3)nc3ccccc13)c1cc(S(=O)(=O)O)ccc12. The summed E-state index contributed by atoms with van der Waals surface area (Å²) in [6.07, 6.45) is 0. The van der Waals surface area contributed by atoms with Crippen molar-refractivity contribution < 1.29 is 31.0 Å². The zero-order valence-electron chi connectivity index (χ0n) is 20.7. The number of hydrogen-bond donors (Lipinski definition) is 3. The van der Waals surface area contributed by atoms with Gasteiger partial charge in [-0.2, -0.15) is 16.8 Å². The Morgan fingerprint density at radius 2 is 1.17 bits per heavy atom. The number of phenols is 1. The maximum atomic E-state index is 11.9. The minimum Gasteiger partial charge on any atom is -0.505 e. The molecule has 0 atom stereocenters. The van der Waals surface area contributed by atoms with Crippen LogP contribution in [0.2, 0.25) is 0 Å². The molecule has 0 spiro atoms. The molecular weight excluding hydrogens is 568 g/mol. The number of fused-ring (bicyclic) bond motifs is 4. The highest BCUT2D eigenvalue weighted by Gasteiger charge is 2.20. The molecule has 204 valence electrons. The molecule has 41 heavy (non-hydrogen) atoms. The first-order valence-corrected chi connectivity index (χ1v) is 14.8. The second-order valence-electron chi connectivity index (χ2n) is 9.02. The molecule has 1 aromatic heterocycles. The first-order valence-electron chi connectivity index (χ1n) is 11.9. The minimum atomic E-state index is -4.62.